The minimum Gasteiger partial charge on any atom is -0.479 e. The highest BCUT2D eigenvalue weighted by Gasteiger charge is 2.13. The van der Waals surface area contributed by atoms with Crippen molar-refractivity contribution in [3.63, 3.8) is 0 Å². The minimum absolute atomic E-state index is 0.0757. The Morgan fingerprint density at radius 2 is 1.91 bits per heavy atom. The van der Waals surface area contributed by atoms with Gasteiger partial charge in [-0.25, -0.2) is 8.78 Å². The predicted octanol–water partition coefficient (Wildman–Crippen LogP) is 3.45. The molecule has 0 unspecified atom stereocenters. The highest BCUT2D eigenvalue weighted by Crippen LogP contribution is 2.23. The minimum atomic E-state index is -2.64. The number of rotatable bonds is 5. The summed E-state index contributed by atoms with van der Waals surface area (Å²) in [5.74, 6) is 0.491. The summed E-state index contributed by atoms with van der Waals surface area (Å²) in [7, 11) is 0. The number of benzene rings is 1. The highest BCUT2D eigenvalue weighted by molar-refractivity contribution is 9.10. The van der Waals surface area contributed by atoms with Crippen LogP contribution in [0.3, 0.4) is 0 Å². The second kappa shape index (κ2) is 7.18. The largest absolute Gasteiger partial charge is 0.479 e. The fraction of sp³-hybridized carbons (Fsp3) is 0.200. The average molecular weight is 369 g/mol. The monoisotopic (exact) mass is 368 g/mol. The first kappa shape index (κ1) is 16.2. The molecule has 0 spiro atoms. The van der Waals surface area contributed by atoms with Crippen LogP contribution in [0.25, 0.3) is 11.3 Å². The van der Waals surface area contributed by atoms with Gasteiger partial charge in [-0.3, -0.25) is 4.79 Å². The molecule has 7 heteroatoms. The Balaban J connectivity index is 2.42. The van der Waals surface area contributed by atoms with Crippen LogP contribution >= 0.6 is 15.9 Å². The lowest BCUT2D eigenvalue weighted by molar-refractivity contribution is 0.126. The molecular weight excluding hydrogens is 358 g/mol. The van der Waals surface area contributed by atoms with Crippen molar-refractivity contribution in [2.75, 3.05) is 6.61 Å². The maximum atomic E-state index is 12.7. The third-order valence-corrected chi connectivity index (χ3v) is 3.51. The quantitative estimate of drug-likeness (QED) is 0.811. The van der Waals surface area contributed by atoms with Crippen molar-refractivity contribution in [3.8, 4) is 23.1 Å². The zero-order valence-corrected chi connectivity index (χ0v) is 12.9. The molecule has 1 aromatic heterocycles. The molecule has 0 amide bonds. The summed E-state index contributed by atoms with van der Waals surface area (Å²) in [6.07, 6.45) is -2.64. The molecule has 0 atom stereocenters. The summed E-state index contributed by atoms with van der Waals surface area (Å²) in [4.78, 5) is 12.0. The zero-order valence-electron chi connectivity index (χ0n) is 11.3. The van der Waals surface area contributed by atoms with E-state index in [1.54, 1.807) is 30.3 Å². The molecule has 4 nitrogen and oxygen atoms in total. The van der Waals surface area contributed by atoms with E-state index in [1.807, 2.05) is 6.07 Å². The van der Waals surface area contributed by atoms with Crippen LogP contribution in [0.15, 0.2) is 45.7 Å². The number of aromatic nitrogens is 1. The van der Waals surface area contributed by atoms with Crippen LogP contribution in [0.2, 0.25) is 0 Å². The fourth-order valence-electron chi connectivity index (χ4n) is 1.96. The normalized spacial score (nSPS) is 10.5. The van der Waals surface area contributed by atoms with Crippen molar-refractivity contribution in [2.24, 2.45) is 0 Å². The maximum Gasteiger partial charge on any atom is 0.265 e. The molecule has 0 radical (unpaired) electrons. The predicted molar refractivity (Wildman–Crippen MR) is 81.0 cm³/mol. The van der Waals surface area contributed by atoms with Crippen LogP contribution in [0.5, 0.6) is 5.75 Å². The lowest BCUT2D eigenvalue weighted by Crippen LogP contribution is -2.25. The number of ether oxygens (including phenoxy) is 1. The Bertz CT molecular complexity index is 752. The summed E-state index contributed by atoms with van der Waals surface area (Å²) in [6, 6.07) is 11.5. The number of alkyl halides is 2. The van der Waals surface area contributed by atoms with Crippen molar-refractivity contribution < 1.29 is 13.5 Å². The molecule has 114 valence electrons. The molecule has 0 bridgehead atoms. The fourth-order valence-corrected chi connectivity index (χ4v) is 2.31. The molecule has 0 aliphatic heterocycles. The van der Waals surface area contributed by atoms with Gasteiger partial charge in [0, 0.05) is 0 Å². The van der Waals surface area contributed by atoms with E-state index < -0.39 is 18.5 Å². The van der Waals surface area contributed by atoms with Gasteiger partial charge in [-0.15, -0.1) is 0 Å². The summed E-state index contributed by atoms with van der Waals surface area (Å²) in [5.41, 5.74) is 0.484. The third-order valence-electron chi connectivity index (χ3n) is 2.90. The van der Waals surface area contributed by atoms with Gasteiger partial charge in [-0.05, 0) is 57.9 Å². The van der Waals surface area contributed by atoms with Crippen molar-refractivity contribution >= 4 is 15.9 Å². The number of nitriles is 1. The Kier molecular flexibility index (Phi) is 5.28. The van der Waals surface area contributed by atoms with E-state index in [9.17, 15) is 13.6 Å². The summed E-state index contributed by atoms with van der Waals surface area (Å²) in [5, 5.41) is 8.45. The van der Waals surface area contributed by atoms with E-state index in [0.29, 0.717) is 17.0 Å². The van der Waals surface area contributed by atoms with E-state index in [0.717, 1.165) is 4.57 Å². The summed E-state index contributed by atoms with van der Waals surface area (Å²) < 4.78 is 31.8. The number of halogens is 3. The van der Waals surface area contributed by atoms with Crippen LogP contribution in [-0.2, 0) is 6.54 Å². The SMILES string of the molecule is N#CCOc1ccc(-c2ccc(Br)c(=O)n2CC(F)F)cc1. The van der Waals surface area contributed by atoms with Crippen molar-refractivity contribution in [1.29, 1.82) is 5.26 Å². The van der Waals surface area contributed by atoms with Crippen LogP contribution in [0.1, 0.15) is 0 Å². The molecule has 0 fully saturated rings. The van der Waals surface area contributed by atoms with Gasteiger partial charge in [0.2, 0.25) is 0 Å². The Labute approximate surface area is 133 Å². The topological polar surface area (TPSA) is 55.0 Å². The van der Waals surface area contributed by atoms with Gasteiger partial charge in [-0.2, -0.15) is 5.26 Å². The van der Waals surface area contributed by atoms with Crippen LogP contribution in [-0.4, -0.2) is 17.6 Å². The van der Waals surface area contributed by atoms with Gasteiger partial charge < -0.3 is 9.30 Å². The Hall–Kier alpha value is -2.20. The standard InChI is InChI=1S/C15H11BrF2N2O2/c16-12-5-6-13(20(15(12)21)9-14(17)18)10-1-3-11(4-2-10)22-8-7-19/h1-6,14H,8-9H2. The lowest BCUT2D eigenvalue weighted by Gasteiger charge is -2.13. The smallest absolute Gasteiger partial charge is 0.265 e. The average Bonchev–Trinajstić information content (AvgIpc) is 2.50. The molecule has 0 saturated carbocycles. The molecule has 1 heterocycles. The van der Waals surface area contributed by atoms with E-state index >= 15 is 0 Å². The molecule has 22 heavy (non-hydrogen) atoms. The first-order valence-corrected chi connectivity index (χ1v) is 7.10. The lowest BCUT2D eigenvalue weighted by atomic mass is 10.1. The number of hydrogen-bond acceptors (Lipinski definition) is 3. The highest BCUT2D eigenvalue weighted by atomic mass is 79.9. The van der Waals surface area contributed by atoms with E-state index in [2.05, 4.69) is 15.9 Å². The molecule has 2 rings (SSSR count). The zero-order chi connectivity index (χ0) is 16.1. The molecular formula is C15H11BrF2N2O2. The first-order valence-electron chi connectivity index (χ1n) is 6.30. The van der Waals surface area contributed by atoms with Crippen molar-refractivity contribution in [1.82, 2.24) is 4.57 Å². The van der Waals surface area contributed by atoms with Gasteiger partial charge in [-0.1, -0.05) is 0 Å². The number of hydrogen-bond donors (Lipinski definition) is 0. The molecule has 0 aliphatic carbocycles. The van der Waals surface area contributed by atoms with E-state index in [1.165, 1.54) is 6.07 Å². The Morgan fingerprint density at radius 3 is 2.50 bits per heavy atom. The van der Waals surface area contributed by atoms with Gasteiger partial charge in [0.05, 0.1) is 16.7 Å². The summed E-state index contributed by atoms with van der Waals surface area (Å²) >= 11 is 3.05. The van der Waals surface area contributed by atoms with Crippen molar-refractivity contribution in [2.45, 2.75) is 13.0 Å². The van der Waals surface area contributed by atoms with Crippen molar-refractivity contribution in [3.05, 3.63) is 51.2 Å². The Morgan fingerprint density at radius 1 is 1.23 bits per heavy atom. The third kappa shape index (κ3) is 3.71. The first-order chi connectivity index (χ1) is 10.5. The number of nitrogens with zero attached hydrogens (tertiary/aromatic N) is 2. The molecule has 0 aliphatic rings. The van der Waals surface area contributed by atoms with E-state index in [-0.39, 0.29) is 11.1 Å². The molecule has 2 aromatic rings. The molecule has 1 aromatic carbocycles. The summed E-state index contributed by atoms with van der Waals surface area (Å²) in [6.45, 7) is -0.756. The van der Waals surface area contributed by atoms with Crippen LogP contribution in [0, 0.1) is 11.3 Å². The van der Waals surface area contributed by atoms with E-state index in [4.69, 9.17) is 10.00 Å². The van der Waals surface area contributed by atoms with Crippen LogP contribution in [0.4, 0.5) is 8.78 Å². The molecule has 0 saturated heterocycles. The van der Waals surface area contributed by atoms with Gasteiger partial charge in [0.15, 0.2) is 6.61 Å². The van der Waals surface area contributed by atoms with Crippen LogP contribution < -0.4 is 10.3 Å². The van der Waals surface area contributed by atoms with Gasteiger partial charge >= 0.3 is 0 Å². The van der Waals surface area contributed by atoms with Gasteiger partial charge in [0.25, 0.3) is 12.0 Å². The number of pyridine rings is 1. The maximum absolute atomic E-state index is 12.7. The van der Waals surface area contributed by atoms with Gasteiger partial charge in [0.1, 0.15) is 11.8 Å². The molecule has 0 N–H and O–H groups in total. The second-order valence-corrected chi connectivity index (χ2v) is 5.20. The second-order valence-electron chi connectivity index (χ2n) is 4.34.